The van der Waals surface area contributed by atoms with Crippen LogP contribution in [0.2, 0.25) is 0 Å². The maximum Gasteiger partial charge on any atom is 0.269 e. The number of hydrogen-bond donors (Lipinski definition) is 0. The van der Waals surface area contributed by atoms with Crippen LogP contribution >= 0.6 is 47.8 Å². The Morgan fingerprint density at radius 3 is 1.83 bits per heavy atom. The van der Waals surface area contributed by atoms with Crippen LogP contribution in [-0.4, -0.2) is 33.4 Å². The van der Waals surface area contributed by atoms with Crippen molar-refractivity contribution in [2.75, 3.05) is 28.4 Å². The van der Waals surface area contributed by atoms with Crippen LogP contribution in [0.15, 0.2) is 49.8 Å². The van der Waals surface area contributed by atoms with E-state index in [2.05, 4.69) is 47.8 Å². The predicted molar refractivity (Wildman–Crippen MR) is 142 cm³/mol. The Morgan fingerprint density at radius 1 is 0.771 bits per heavy atom. The Bertz CT molecular complexity index is 1230. The van der Waals surface area contributed by atoms with Gasteiger partial charge < -0.3 is 23.7 Å². The van der Waals surface area contributed by atoms with E-state index in [9.17, 15) is 10.1 Å². The van der Waals surface area contributed by atoms with Crippen molar-refractivity contribution in [2.45, 2.75) is 13.0 Å². The molecule has 0 aliphatic carbocycles. The minimum absolute atomic E-state index is 0.00391. The molecule has 0 heterocycles. The molecule has 0 N–H and O–H groups in total. The number of ether oxygens (including phenoxy) is 5. The van der Waals surface area contributed by atoms with E-state index >= 15 is 0 Å². The van der Waals surface area contributed by atoms with Gasteiger partial charge in [-0.1, -0.05) is 0 Å². The first-order valence-electron chi connectivity index (χ1n) is 10.1. The molecule has 0 unspecified atom stereocenters. The van der Waals surface area contributed by atoms with E-state index < -0.39 is 4.92 Å². The zero-order chi connectivity index (χ0) is 25.7. The average Bonchev–Trinajstić information content (AvgIpc) is 2.86. The van der Waals surface area contributed by atoms with Gasteiger partial charge in [0, 0.05) is 23.0 Å². The number of rotatable bonds is 10. The number of methoxy groups -OCH3 is 4. The van der Waals surface area contributed by atoms with Crippen LogP contribution < -0.4 is 23.7 Å². The molecule has 3 aromatic rings. The maximum absolute atomic E-state index is 10.9. The van der Waals surface area contributed by atoms with Crippen molar-refractivity contribution in [3.8, 4) is 28.7 Å². The summed E-state index contributed by atoms with van der Waals surface area (Å²) in [6.45, 7) is 0.193. The molecule has 0 radical (unpaired) electrons. The highest BCUT2D eigenvalue weighted by atomic mass is 79.9. The van der Waals surface area contributed by atoms with Crippen molar-refractivity contribution in [2.24, 2.45) is 0 Å². The first kappa shape index (κ1) is 27.1. The van der Waals surface area contributed by atoms with Crippen LogP contribution in [-0.2, 0) is 13.0 Å². The molecule has 0 spiro atoms. The topological polar surface area (TPSA) is 89.3 Å². The highest BCUT2D eigenvalue weighted by Gasteiger charge is 2.22. The summed E-state index contributed by atoms with van der Waals surface area (Å²) in [5.74, 6) is 2.76. The lowest BCUT2D eigenvalue weighted by atomic mass is 9.98. The van der Waals surface area contributed by atoms with E-state index in [4.69, 9.17) is 23.7 Å². The van der Waals surface area contributed by atoms with Gasteiger partial charge in [-0.2, -0.15) is 0 Å². The van der Waals surface area contributed by atoms with Gasteiger partial charge in [-0.05, 0) is 88.7 Å². The fourth-order valence-electron chi connectivity index (χ4n) is 3.48. The quantitative estimate of drug-likeness (QED) is 0.168. The van der Waals surface area contributed by atoms with Gasteiger partial charge in [-0.15, -0.1) is 0 Å². The number of nitro groups is 1. The molecule has 0 fully saturated rings. The molecule has 186 valence electrons. The minimum atomic E-state index is -0.452. The Kier molecular flexibility index (Phi) is 9.26. The maximum atomic E-state index is 10.9. The van der Waals surface area contributed by atoms with Crippen LogP contribution in [0.25, 0.3) is 0 Å². The van der Waals surface area contributed by atoms with Gasteiger partial charge in [0.1, 0.15) is 12.4 Å². The summed E-state index contributed by atoms with van der Waals surface area (Å²) < 4.78 is 30.3. The first-order chi connectivity index (χ1) is 16.7. The van der Waals surface area contributed by atoms with Gasteiger partial charge in [0.2, 0.25) is 0 Å². The normalized spacial score (nSPS) is 10.6. The van der Waals surface area contributed by atoms with Gasteiger partial charge in [-0.25, -0.2) is 0 Å². The van der Waals surface area contributed by atoms with Crippen LogP contribution in [0, 0.1) is 10.1 Å². The molecule has 3 aromatic carbocycles. The third-order valence-electron chi connectivity index (χ3n) is 5.24. The monoisotopic (exact) mass is 673 g/mol. The lowest BCUT2D eigenvalue weighted by molar-refractivity contribution is -0.384. The van der Waals surface area contributed by atoms with Gasteiger partial charge in [-0.3, -0.25) is 10.1 Å². The summed E-state index contributed by atoms with van der Waals surface area (Å²) in [6.07, 6.45) is 0.486. The van der Waals surface area contributed by atoms with Gasteiger partial charge in [0.15, 0.2) is 23.0 Å². The molecule has 0 bridgehead atoms. The predicted octanol–water partition coefficient (Wildman–Crippen LogP) is 7.09. The SMILES string of the molecule is COc1cc(Cc2c(COc3ccc([N+](=O)[O-])cc3)cc(OC)c(OC)c2Br)c(Br)c(Br)c1OC. The van der Waals surface area contributed by atoms with E-state index in [1.54, 1.807) is 40.6 Å². The van der Waals surface area contributed by atoms with Crippen molar-refractivity contribution >= 4 is 53.5 Å². The summed E-state index contributed by atoms with van der Waals surface area (Å²) in [6, 6.07) is 9.69. The molecule has 11 heteroatoms. The van der Waals surface area contributed by atoms with Crippen LogP contribution in [0.1, 0.15) is 16.7 Å². The second kappa shape index (κ2) is 12.0. The summed E-state index contributed by atoms with van der Waals surface area (Å²) in [4.78, 5) is 10.5. The number of non-ortho nitro benzene ring substituents is 1. The second-order valence-electron chi connectivity index (χ2n) is 7.18. The van der Waals surface area contributed by atoms with Crippen LogP contribution in [0.3, 0.4) is 0 Å². The number of nitrogens with zero attached hydrogens (tertiary/aromatic N) is 1. The minimum Gasteiger partial charge on any atom is -0.493 e. The van der Waals surface area contributed by atoms with Gasteiger partial charge in [0.25, 0.3) is 5.69 Å². The molecule has 0 aliphatic heterocycles. The smallest absolute Gasteiger partial charge is 0.269 e. The van der Waals surface area contributed by atoms with Crippen molar-refractivity contribution in [3.63, 3.8) is 0 Å². The first-order valence-corrected chi connectivity index (χ1v) is 12.5. The third-order valence-corrected chi connectivity index (χ3v) is 8.27. The lowest BCUT2D eigenvalue weighted by Crippen LogP contribution is -2.06. The molecular formula is C24H22Br3NO7. The molecular weight excluding hydrogens is 654 g/mol. The van der Waals surface area contributed by atoms with Crippen LogP contribution in [0.4, 0.5) is 5.69 Å². The molecule has 8 nitrogen and oxygen atoms in total. The average molecular weight is 676 g/mol. The number of nitro benzene ring substituents is 1. The van der Waals surface area contributed by atoms with Crippen molar-refractivity contribution in [1.29, 1.82) is 0 Å². The Balaban J connectivity index is 2.04. The van der Waals surface area contributed by atoms with E-state index in [0.717, 1.165) is 30.1 Å². The summed E-state index contributed by atoms with van der Waals surface area (Å²) >= 11 is 10.9. The molecule has 35 heavy (non-hydrogen) atoms. The highest BCUT2D eigenvalue weighted by molar-refractivity contribution is 9.13. The van der Waals surface area contributed by atoms with Crippen molar-refractivity contribution in [1.82, 2.24) is 0 Å². The molecule has 0 saturated carbocycles. The van der Waals surface area contributed by atoms with Crippen molar-refractivity contribution in [3.05, 3.63) is 76.6 Å². The Morgan fingerprint density at radius 2 is 1.31 bits per heavy atom. The Hall–Kier alpha value is -2.50. The van der Waals surface area contributed by atoms with Crippen LogP contribution in [0.5, 0.6) is 28.7 Å². The lowest BCUT2D eigenvalue weighted by Gasteiger charge is -2.20. The number of benzene rings is 3. The molecule has 3 rings (SSSR count). The third kappa shape index (κ3) is 5.84. The standard InChI is InChI=1S/C24H22Br3NO7/c1-31-18-10-13(20(25)22(27)24(18)34-4)9-17-14(11-19(32-2)23(33-3)21(17)26)12-35-16-7-5-15(6-8-16)28(29)30/h5-8,10-11H,9,12H2,1-4H3. The van der Waals surface area contributed by atoms with E-state index in [-0.39, 0.29) is 12.3 Å². The largest absolute Gasteiger partial charge is 0.493 e. The fraction of sp³-hybridized carbons (Fsp3) is 0.250. The van der Waals surface area contributed by atoms with Gasteiger partial charge in [0.05, 0.1) is 42.3 Å². The van der Waals surface area contributed by atoms with E-state index in [1.807, 2.05) is 12.1 Å². The zero-order valence-electron chi connectivity index (χ0n) is 19.3. The van der Waals surface area contributed by atoms with E-state index in [0.29, 0.717) is 35.2 Å². The second-order valence-corrected chi connectivity index (χ2v) is 9.56. The highest BCUT2D eigenvalue weighted by Crippen LogP contribution is 2.46. The summed E-state index contributed by atoms with van der Waals surface area (Å²) in [5.41, 5.74) is 2.67. The molecule has 0 aromatic heterocycles. The zero-order valence-corrected chi connectivity index (χ0v) is 24.1. The summed E-state index contributed by atoms with van der Waals surface area (Å²) in [7, 11) is 6.29. The van der Waals surface area contributed by atoms with Crippen molar-refractivity contribution < 1.29 is 28.6 Å². The molecule has 0 atom stereocenters. The Labute approximate surface area is 228 Å². The van der Waals surface area contributed by atoms with E-state index in [1.165, 1.54) is 12.1 Å². The van der Waals surface area contributed by atoms with Gasteiger partial charge >= 0.3 is 0 Å². The molecule has 0 saturated heterocycles. The molecule has 0 aliphatic rings. The fourth-order valence-corrected chi connectivity index (χ4v) is 5.28. The number of hydrogen-bond acceptors (Lipinski definition) is 7. The molecule has 0 amide bonds. The number of halogens is 3. The summed E-state index contributed by atoms with van der Waals surface area (Å²) in [5, 5.41) is 10.9.